The Balaban J connectivity index is 2.47. The van der Waals surface area contributed by atoms with Crippen LogP contribution in [-0.4, -0.2) is 11.9 Å². The second-order valence-electron chi connectivity index (χ2n) is 3.07. The molecule has 2 rings (SSSR count). The Labute approximate surface area is 86.2 Å². The zero-order valence-electron chi connectivity index (χ0n) is 6.92. The molecule has 1 aromatic carbocycles. The van der Waals surface area contributed by atoms with Crippen LogP contribution >= 0.6 is 22.6 Å². The van der Waals surface area contributed by atoms with Gasteiger partial charge in [-0.2, -0.15) is 0 Å². The van der Waals surface area contributed by atoms with Crippen molar-refractivity contribution in [2.24, 2.45) is 0 Å². The second kappa shape index (κ2) is 3.09. The van der Waals surface area contributed by atoms with Crippen LogP contribution in [0.15, 0.2) is 24.4 Å². The number of rotatable bonds is 0. The Morgan fingerprint density at radius 1 is 1.42 bits per heavy atom. The van der Waals surface area contributed by atoms with E-state index in [0.717, 1.165) is 6.54 Å². The van der Waals surface area contributed by atoms with Gasteiger partial charge in [-0.25, -0.2) is 0 Å². The van der Waals surface area contributed by atoms with Crippen molar-refractivity contribution in [3.05, 3.63) is 39.1 Å². The van der Waals surface area contributed by atoms with Gasteiger partial charge in [-0.15, -0.1) is 0 Å². The lowest BCUT2D eigenvalue weighted by Crippen LogP contribution is -2.14. The Morgan fingerprint density at radius 2 is 2.25 bits per heavy atom. The van der Waals surface area contributed by atoms with Crippen LogP contribution < -0.4 is 0 Å². The molecule has 0 saturated heterocycles. The molecule has 1 aromatic rings. The number of hydrogen-bond donors (Lipinski definition) is 0. The number of nitrogens with zero attached hydrogens (tertiary/aromatic N) is 1. The fraction of sp³-hybridized carbons (Fsp3) is 0.200. The van der Waals surface area contributed by atoms with Crippen molar-refractivity contribution in [2.75, 3.05) is 7.05 Å². The number of halogens is 1. The summed E-state index contributed by atoms with van der Waals surface area (Å²) >= 11 is 2.34. The standard InChI is InChI=1S/C10H10IN/c1-12-5-4-8-6-10(11)3-2-9(8)7-12/h2-6H,7H2,1H3. The third kappa shape index (κ3) is 1.48. The minimum absolute atomic E-state index is 1.03. The van der Waals surface area contributed by atoms with E-state index in [1.165, 1.54) is 14.7 Å². The van der Waals surface area contributed by atoms with Crippen LogP contribution in [0.25, 0.3) is 6.08 Å². The van der Waals surface area contributed by atoms with Crippen LogP contribution in [0.2, 0.25) is 0 Å². The molecule has 0 aromatic heterocycles. The van der Waals surface area contributed by atoms with Crippen molar-refractivity contribution in [2.45, 2.75) is 6.54 Å². The van der Waals surface area contributed by atoms with E-state index in [4.69, 9.17) is 0 Å². The highest BCUT2D eigenvalue weighted by Gasteiger charge is 2.06. The topological polar surface area (TPSA) is 3.24 Å². The zero-order valence-corrected chi connectivity index (χ0v) is 9.08. The van der Waals surface area contributed by atoms with E-state index < -0.39 is 0 Å². The minimum Gasteiger partial charge on any atom is -0.376 e. The van der Waals surface area contributed by atoms with E-state index in [-0.39, 0.29) is 0 Å². The summed E-state index contributed by atoms with van der Waals surface area (Å²) in [5, 5.41) is 0. The lowest BCUT2D eigenvalue weighted by Gasteiger charge is -2.20. The van der Waals surface area contributed by atoms with Crippen molar-refractivity contribution >= 4 is 28.7 Å². The first-order valence-electron chi connectivity index (χ1n) is 3.92. The van der Waals surface area contributed by atoms with Gasteiger partial charge in [0.05, 0.1) is 0 Å². The lowest BCUT2D eigenvalue weighted by molar-refractivity contribution is 0.448. The number of fused-ring (bicyclic) bond motifs is 1. The van der Waals surface area contributed by atoms with Crippen LogP contribution in [0.5, 0.6) is 0 Å². The number of hydrogen-bond acceptors (Lipinski definition) is 1. The zero-order chi connectivity index (χ0) is 8.55. The molecule has 62 valence electrons. The molecule has 0 aliphatic carbocycles. The third-order valence-electron chi connectivity index (χ3n) is 2.04. The fourth-order valence-corrected chi connectivity index (χ4v) is 1.91. The average molecular weight is 271 g/mol. The average Bonchev–Trinajstić information content (AvgIpc) is 2.05. The van der Waals surface area contributed by atoms with Crippen molar-refractivity contribution in [1.82, 2.24) is 4.90 Å². The van der Waals surface area contributed by atoms with Gasteiger partial charge in [-0.1, -0.05) is 6.07 Å². The van der Waals surface area contributed by atoms with E-state index >= 15 is 0 Å². The van der Waals surface area contributed by atoms with E-state index in [1.54, 1.807) is 0 Å². The molecule has 0 spiro atoms. The van der Waals surface area contributed by atoms with Gasteiger partial charge in [0.2, 0.25) is 0 Å². The molecular formula is C10H10IN. The van der Waals surface area contributed by atoms with Gasteiger partial charge >= 0.3 is 0 Å². The maximum atomic E-state index is 2.34. The molecule has 0 bridgehead atoms. The van der Waals surface area contributed by atoms with Crippen LogP contribution in [0.1, 0.15) is 11.1 Å². The van der Waals surface area contributed by atoms with E-state index in [2.05, 4.69) is 65.0 Å². The van der Waals surface area contributed by atoms with E-state index in [9.17, 15) is 0 Å². The lowest BCUT2D eigenvalue weighted by atomic mass is 10.1. The molecule has 1 nitrogen and oxygen atoms in total. The summed E-state index contributed by atoms with van der Waals surface area (Å²) < 4.78 is 1.31. The molecule has 0 atom stereocenters. The molecule has 0 saturated carbocycles. The van der Waals surface area contributed by atoms with E-state index in [1.807, 2.05) is 0 Å². The minimum atomic E-state index is 1.03. The van der Waals surface area contributed by atoms with Gasteiger partial charge in [0.1, 0.15) is 0 Å². The Morgan fingerprint density at radius 3 is 3.08 bits per heavy atom. The summed E-state index contributed by atoms with van der Waals surface area (Å²) in [4.78, 5) is 2.19. The van der Waals surface area contributed by atoms with Crippen molar-refractivity contribution in [3.63, 3.8) is 0 Å². The summed E-state index contributed by atoms with van der Waals surface area (Å²) in [5.74, 6) is 0. The first kappa shape index (κ1) is 8.10. The van der Waals surface area contributed by atoms with Crippen LogP contribution in [0.4, 0.5) is 0 Å². The third-order valence-corrected chi connectivity index (χ3v) is 2.71. The predicted molar refractivity (Wildman–Crippen MR) is 59.7 cm³/mol. The molecule has 2 heteroatoms. The highest BCUT2D eigenvalue weighted by Crippen LogP contribution is 2.20. The smallest absolute Gasteiger partial charge is 0.0426 e. The summed E-state index contributed by atoms with van der Waals surface area (Å²) in [7, 11) is 2.09. The van der Waals surface area contributed by atoms with Crippen LogP contribution in [0.3, 0.4) is 0 Å². The Bertz CT molecular complexity index is 331. The van der Waals surface area contributed by atoms with E-state index in [0.29, 0.717) is 0 Å². The summed E-state index contributed by atoms with van der Waals surface area (Å²) in [5.41, 5.74) is 2.78. The highest BCUT2D eigenvalue weighted by molar-refractivity contribution is 14.1. The quantitative estimate of drug-likeness (QED) is 0.656. The molecule has 12 heavy (non-hydrogen) atoms. The summed E-state index contributed by atoms with van der Waals surface area (Å²) in [6, 6.07) is 6.59. The van der Waals surface area contributed by atoms with Gasteiger partial charge in [-0.3, -0.25) is 0 Å². The van der Waals surface area contributed by atoms with Crippen LogP contribution in [-0.2, 0) is 6.54 Å². The Hall–Kier alpha value is -0.510. The largest absolute Gasteiger partial charge is 0.376 e. The fourth-order valence-electron chi connectivity index (χ4n) is 1.39. The van der Waals surface area contributed by atoms with Gasteiger partial charge in [0.25, 0.3) is 0 Å². The maximum Gasteiger partial charge on any atom is 0.0426 e. The van der Waals surface area contributed by atoms with Gasteiger partial charge in [0, 0.05) is 17.2 Å². The van der Waals surface area contributed by atoms with Crippen molar-refractivity contribution in [1.29, 1.82) is 0 Å². The normalized spacial score (nSPS) is 14.7. The molecule has 0 unspecified atom stereocenters. The molecular weight excluding hydrogens is 261 g/mol. The molecule has 0 fully saturated rings. The molecule has 1 aliphatic heterocycles. The van der Waals surface area contributed by atoms with Gasteiger partial charge < -0.3 is 4.90 Å². The Kier molecular flexibility index (Phi) is 2.09. The highest BCUT2D eigenvalue weighted by atomic mass is 127. The molecule has 0 amide bonds. The first-order chi connectivity index (χ1) is 5.75. The number of benzene rings is 1. The summed E-state index contributed by atoms with van der Waals surface area (Å²) in [6.07, 6.45) is 4.29. The molecule has 1 aliphatic rings. The summed E-state index contributed by atoms with van der Waals surface area (Å²) in [6.45, 7) is 1.03. The van der Waals surface area contributed by atoms with Gasteiger partial charge in [0.15, 0.2) is 0 Å². The van der Waals surface area contributed by atoms with Crippen LogP contribution in [0, 0.1) is 3.57 Å². The SMILES string of the molecule is CN1C=Cc2cc(I)ccc2C1. The molecule has 1 heterocycles. The first-order valence-corrected chi connectivity index (χ1v) is 5.00. The van der Waals surface area contributed by atoms with Gasteiger partial charge in [-0.05, 0) is 58.1 Å². The second-order valence-corrected chi connectivity index (χ2v) is 4.32. The van der Waals surface area contributed by atoms with Crippen molar-refractivity contribution < 1.29 is 0 Å². The maximum absolute atomic E-state index is 2.34. The molecule has 0 radical (unpaired) electrons. The monoisotopic (exact) mass is 271 g/mol. The van der Waals surface area contributed by atoms with Crippen molar-refractivity contribution in [3.8, 4) is 0 Å². The predicted octanol–water partition coefficient (Wildman–Crippen LogP) is 2.71. The molecule has 0 N–H and O–H groups in total.